The van der Waals surface area contributed by atoms with E-state index in [0.717, 1.165) is 6.61 Å². The third-order valence-electron chi connectivity index (χ3n) is 6.57. The minimum atomic E-state index is -1.75. The van der Waals surface area contributed by atoms with E-state index in [0.29, 0.717) is 5.92 Å². The van der Waals surface area contributed by atoms with Crippen LogP contribution in [0.5, 0.6) is 0 Å². The molecule has 2 saturated carbocycles. The predicted octanol–water partition coefficient (Wildman–Crippen LogP) is 3.27. The predicted molar refractivity (Wildman–Crippen MR) is 90.1 cm³/mol. The van der Waals surface area contributed by atoms with Crippen molar-refractivity contribution in [2.45, 2.75) is 89.6 Å². The molecule has 1 spiro atoms. The summed E-state index contributed by atoms with van der Waals surface area (Å²) < 4.78 is 18.8. The second-order valence-corrected chi connectivity index (χ2v) is 14.3. The Hall–Kier alpha value is 0.0569. The van der Waals surface area contributed by atoms with Gasteiger partial charge in [-0.05, 0) is 50.2 Å². The van der Waals surface area contributed by atoms with Crippen molar-refractivity contribution in [3.63, 3.8) is 0 Å². The molecule has 22 heavy (non-hydrogen) atoms. The normalized spacial score (nSPS) is 39.3. The zero-order valence-electron chi connectivity index (χ0n) is 15.2. The average molecular weight is 328 g/mol. The van der Waals surface area contributed by atoms with Crippen LogP contribution in [0.3, 0.4) is 0 Å². The lowest BCUT2D eigenvalue weighted by atomic mass is 9.90. The van der Waals surface area contributed by atoms with Crippen molar-refractivity contribution in [1.82, 2.24) is 0 Å². The SMILES string of the molecule is CC1(C)O[C@@H]2[C@H](O1)[C@@H](CO[Si](C)(C)C(C)(C)C)C1(CC1)[C@H]2N. The Morgan fingerprint density at radius 1 is 1.14 bits per heavy atom. The molecule has 3 fully saturated rings. The smallest absolute Gasteiger partial charge is 0.191 e. The Balaban J connectivity index is 1.75. The van der Waals surface area contributed by atoms with Gasteiger partial charge < -0.3 is 19.6 Å². The third-order valence-corrected chi connectivity index (χ3v) is 11.1. The molecule has 0 aromatic carbocycles. The van der Waals surface area contributed by atoms with Gasteiger partial charge in [-0.15, -0.1) is 0 Å². The highest BCUT2D eigenvalue weighted by Gasteiger charge is 2.69. The summed E-state index contributed by atoms with van der Waals surface area (Å²) in [5.41, 5.74) is 6.75. The minimum Gasteiger partial charge on any atom is -0.416 e. The van der Waals surface area contributed by atoms with E-state index in [2.05, 4.69) is 33.9 Å². The highest BCUT2D eigenvalue weighted by Crippen LogP contribution is 2.64. The van der Waals surface area contributed by atoms with E-state index in [1.807, 2.05) is 13.8 Å². The maximum absolute atomic E-state index is 6.55. The Morgan fingerprint density at radius 3 is 2.18 bits per heavy atom. The van der Waals surface area contributed by atoms with Crippen molar-refractivity contribution in [1.29, 1.82) is 0 Å². The first-order valence-electron chi connectivity index (χ1n) is 8.65. The summed E-state index contributed by atoms with van der Waals surface area (Å²) >= 11 is 0. The highest BCUT2D eigenvalue weighted by atomic mass is 28.4. The zero-order valence-corrected chi connectivity index (χ0v) is 16.2. The first-order valence-corrected chi connectivity index (χ1v) is 11.6. The molecule has 0 radical (unpaired) electrons. The van der Waals surface area contributed by atoms with Gasteiger partial charge in [0, 0.05) is 18.6 Å². The summed E-state index contributed by atoms with van der Waals surface area (Å²) in [5.74, 6) is -0.137. The number of fused-ring (bicyclic) bond motifs is 1. The van der Waals surface area contributed by atoms with Gasteiger partial charge in [0.2, 0.25) is 0 Å². The van der Waals surface area contributed by atoms with Crippen LogP contribution in [0.4, 0.5) is 0 Å². The van der Waals surface area contributed by atoms with Crippen LogP contribution < -0.4 is 5.73 Å². The van der Waals surface area contributed by atoms with Crippen LogP contribution in [-0.4, -0.2) is 39.0 Å². The van der Waals surface area contributed by atoms with E-state index in [1.165, 1.54) is 12.8 Å². The van der Waals surface area contributed by atoms with E-state index in [9.17, 15) is 0 Å². The van der Waals surface area contributed by atoms with Crippen molar-refractivity contribution < 1.29 is 13.9 Å². The van der Waals surface area contributed by atoms with Gasteiger partial charge >= 0.3 is 0 Å². The van der Waals surface area contributed by atoms with Gasteiger partial charge in [-0.1, -0.05) is 20.8 Å². The first-order chi connectivity index (χ1) is 9.90. The summed E-state index contributed by atoms with van der Waals surface area (Å²) in [5, 5.41) is 0.232. The number of hydrogen-bond donors (Lipinski definition) is 1. The second-order valence-electron chi connectivity index (χ2n) is 9.50. The third kappa shape index (κ3) is 2.49. The van der Waals surface area contributed by atoms with Crippen molar-refractivity contribution in [3.8, 4) is 0 Å². The van der Waals surface area contributed by atoms with E-state index < -0.39 is 14.1 Å². The number of nitrogens with two attached hydrogens (primary N) is 1. The van der Waals surface area contributed by atoms with Gasteiger partial charge in [-0.2, -0.15) is 0 Å². The summed E-state index contributed by atoms with van der Waals surface area (Å²) in [7, 11) is -1.75. The molecule has 128 valence electrons. The maximum Gasteiger partial charge on any atom is 0.191 e. The molecule has 2 N–H and O–H groups in total. The van der Waals surface area contributed by atoms with Gasteiger partial charge in [0.25, 0.3) is 0 Å². The summed E-state index contributed by atoms with van der Waals surface area (Å²) in [6.45, 7) is 16.2. The average Bonchev–Trinajstić information content (AvgIpc) is 3.03. The quantitative estimate of drug-likeness (QED) is 0.808. The molecule has 1 aliphatic heterocycles. The maximum atomic E-state index is 6.55. The van der Waals surface area contributed by atoms with Gasteiger partial charge in [0.15, 0.2) is 14.1 Å². The molecule has 4 nitrogen and oxygen atoms in total. The largest absolute Gasteiger partial charge is 0.416 e. The van der Waals surface area contributed by atoms with Gasteiger partial charge in [0.05, 0.1) is 6.10 Å². The van der Waals surface area contributed by atoms with Gasteiger partial charge in [-0.3, -0.25) is 0 Å². The van der Waals surface area contributed by atoms with Crippen molar-refractivity contribution in [2.75, 3.05) is 6.61 Å². The van der Waals surface area contributed by atoms with Gasteiger partial charge in [0.1, 0.15) is 6.10 Å². The molecule has 5 heteroatoms. The highest BCUT2D eigenvalue weighted by molar-refractivity contribution is 6.74. The lowest BCUT2D eigenvalue weighted by Gasteiger charge is -2.38. The minimum absolute atomic E-state index is 0.0329. The number of ether oxygens (including phenoxy) is 2. The molecule has 0 aromatic heterocycles. The summed E-state index contributed by atoms with van der Waals surface area (Å²) in [6, 6.07) is 0.0901. The molecule has 3 rings (SSSR count). The monoisotopic (exact) mass is 327 g/mol. The standard InChI is InChI=1S/C17H33NO3Si/c1-15(2,3)22(6,7)19-10-11-12-13(21-16(4,5)20-12)14(18)17(11)8-9-17/h11-14H,8-10,18H2,1-7H3/t11-,12-,13-,14+/m1/s1. The van der Waals surface area contributed by atoms with Gasteiger partial charge in [-0.25, -0.2) is 0 Å². The van der Waals surface area contributed by atoms with E-state index in [-0.39, 0.29) is 28.7 Å². The van der Waals surface area contributed by atoms with Crippen LogP contribution >= 0.6 is 0 Å². The van der Waals surface area contributed by atoms with Crippen molar-refractivity contribution >= 4 is 8.32 Å². The molecule has 2 aliphatic carbocycles. The van der Waals surface area contributed by atoms with E-state index >= 15 is 0 Å². The van der Waals surface area contributed by atoms with E-state index in [1.54, 1.807) is 0 Å². The number of rotatable bonds is 3. The van der Waals surface area contributed by atoms with Crippen LogP contribution in [0.2, 0.25) is 18.1 Å². The van der Waals surface area contributed by atoms with Crippen LogP contribution in [0.15, 0.2) is 0 Å². The summed E-state index contributed by atoms with van der Waals surface area (Å²) in [4.78, 5) is 0. The molecular weight excluding hydrogens is 294 g/mol. The Kier molecular flexibility index (Phi) is 3.68. The Labute approximate surface area is 136 Å². The lowest BCUT2D eigenvalue weighted by Crippen LogP contribution is -2.44. The fraction of sp³-hybridized carbons (Fsp3) is 1.00. The number of hydrogen-bond acceptors (Lipinski definition) is 4. The fourth-order valence-electron chi connectivity index (χ4n) is 3.93. The van der Waals surface area contributed by atoms with E-state index in [4.69, 9.17) is 19.6 Å². The molecule has 0 unspecified atom stereocenters. The van der Waals surface area contributed by atoms with Crippen LogP contribution in [0, 0.1) is 11.3 Å². The molecule has 1 saturated heterocycles. The lowest BCUT2D eigenvalue weighted by molar-refractivity contribution is -0.165. The molecule has 0 amide bonds. The van der Waals surface area contributed by atoms with Crippen molar-refractivity contribution in [2.24, 2.45) is 17.1 Å². The molecular formula is C17H33NO3Si. The van der Waals surface area contributed by atoms with Crippen molar-refractivity contribution in [3.05, 3.63) is 0 Å². The molecule has 1 heterocycles. The molecule has 0 bridgehead atoms. The van der Waals surface area contributed by atoms with Crippen LogP contribution in [0.1, 0.15) is 47.5 Å². The topological polar surface area (TPSA) is 53.7 Å². The zero-order chi connectivity index (χ0) is 16.6. The molecule has 0 aromatic rings. The molecule has 4 atom stereocenters. The molecule has 3 aliphatic rings. The summed E-state index contributed by atoms with van der Waals surface area (Å²) in [6.07, 6.45) is 2.52. The fourth-order valence-corrected chi connectivity index (χ4v) is 4.96. The second kappa shape index (κ2) is 4.79. The van der Waals surface area contributed by atoms with Crippen LogP contribution in [0.25, 0.3) is 0 Å². The Bertz CT molecular complexity index is 453. The first kappa shape index (κ1) is 16.9. The van der Waals surface area contributed by atoms with Crippen LogP contribution in [-0.2, 0) is 13.9 Å². The Morgan fingerprint density at radius 2 is 1.68 bits per heavy atom.